The lowest BCUT2D eigenvalue weighted by Crippen LogP contribution is -2.22. The number of rotatable bonds is 9. The first-order valence-electron chi connectivity index (χ1n) is 26.6. The van der Waals surface area contributed by atoms with Gasteiger partial charge in [-0.15, -0.1) is 0 Å². The van der Waals surface area contributed by atoms with Crippen LogP contribution in [-0.4, -0.2) is 4.57 Å². The van der Waals surface area contributed by atoms with Gasteiger partial charge in [0.25, 0.3) is 0 Å². The molecule has 11 aromatic carbocycles. The maximum Gasteiger partial charge on any atom is 0.0547 e. The van der Waals surface area contributed by atoms with E-state index in [4.69, 9.17) is 0 Å². The third-order valence-corrected chi connectivity index (χ3v) is 16.7. The summed E-state index contributed by atoms with van der Waals surface area (Å²) in [5, 5.41) is 5.17. The molecule has 0 bridgehead atoms. The van der Waals surface area contributed by atoms with Crippen molar-refractivity contribution in [2.45, 2.75) is 50.4 Å². The topological polar surface area (TPSA) is 8.17 Å². The molecule has 0 N–H and O–H groups in total. The van der Waals surface area contributed by atoms with Gasteiger partial charge in [-0.2, -0.15) is 0 Å². The second kappa shape index (κ2) is 18.1. The number of hydrogen-bond acceptors (Lipinski definition) is 1. The van der Waals surface area contributed by atoms with Crippen molar-refractivity contribution in [3.8, 4) is 50.2 Å². The number of hydrogen-bond donors (Lipinski definition) is 0. The molecule has 1 atom stereocenters. The maximum absolute atomic E-state index is 2.54. The molecule has 0 aliphatic heterocycles. The molecular weight excluding hydrogens is 893 g/mol. The first-order chi connectivity index (χ1) is 36.6. The third-order valence-electron chi connectivity index (χ3n) is 16.7. The van der Waals surface area contributed by atoms with Crippen LogP contribution in [0.4, 0.5) is 17.1 Å². The average Bonchev–Trinajstić information content (AvgIpc) is 4.01. The summed E-state index contributed by atoms with van der Waals surface area (Å²) in [5.41, 5.74) is 22.1. The van der Waals surface area contributed by atoms with Gasteiger partial charge >= 0.3 is 0 Å². The molecule has 0 radical (unpaired) electrons. The van der Waals surface area contributed by atoms with E-state index >= 15 is 0 Å². The van der Waals surface area contributed by atoms with Gasteiger partial charge in [0.05, 0.1) is 22.4 Å². The second-order valence-electron chi connectivity index (χ2n) is 20.7. The van der Waals surface area contributed by atoms with Crippen LogP contribution in [-0.2, 0) is 5.41 Å². The second-order valence-corrected chi connectivity index (χ2v) is 20.7. The summed E-state index contributed by atoms with van der Waals surface area (Å²) >= 11 is 0. The third kappa shape index (κ3) is 7.07. The molecule has 1 saturated carbocycles. The van der Waals surface area contributed by atoms with Crippen LogP contribution in [0.3, 0.4) is 0 Å². The molecule has 1 aromatic heterocycles. The van der Waals surface area contributed by atoms with Gasteiger partial charge in [0, 0.05) is 38.7 Å². The normalized spacial score (nSPS) is 15.4. The van der Waals surface area contributed by atoms with E-state index in [9.17, 15) is 0 Å². The number of nitrogens with zero attached hydrogens (tertiary/aromatic N) is 2. The van der Waals surface area contributed by atoms with E-state index in [2.05, 4.69) is 271 Å². The van der Waals surface area contributed by atoms with E-state index in [1.165, 1.54) is 131 Å². The van der Waals surface area contributed by atoms with Gasteiger partial charge in [0.1, 0.15) is 0 Å². The highest BCUT2D eigenvalue weighted by Gasteiger charge is 2.40. The minimum absolute atomic E-state index is 0.276. The SMILES string of the molecule is CC1(c2ccccc2)c2ccccc2-c2ccc(-c3ccc(N(c4ccccc4-c4cccc5cccc(C6CCCCC6)c45)c4ccccc4-c4cccc5c4c4ccccc4n5-c4ccccc4)cc3)cc21. The van der Waals surface area contributed by atoms with Gasteiger partial charge in [-0.3, -0.25) is 0 Å². The van der Waals surface area contributed by atoms with E-state index < -0.39 is 0 Å². The van der Waals surface area contributed by atoms with Crippen LogP contribution >= 0.6 is 0 Å². The Morgan fingerprint density at radius 3 is 1.70 bits per heavy atom. The highest BCUT2D eigenvalue weighted by Crippen LogP contribution is 2.54. The van der Waals surface area contributed by atoms with Crippen molar-refractivity contribution in [2.75, 3.05) is 4.90 Å². The van der Waals surface area contributed by atoms with Crippen molar-refractivity contribution in [1.29, 1.82) is 0 Å². The smallest absolute Gasteiger partial charge is 0.0547 e. The minimum Gasteiger partial charge on any atom is -0.309 e. The van der Waals surface area contributed by atoms with E-state index in [0.717, 1.165) is 22.7 Å². The fraction of sp³-hybridized carbons (Fsp3) is 0.111. The summed E-state index contributed by atoms with van der Waals surface area (Å²) in [7, 11) is 0. The Labute approximate surface area is 434 Å². The molecule has 1 heterocycles. The number of anilines is 3. The van der Waals surface area contributed by atoms with Crippen LogP contribution in [0.25, 0.3) is 82.8 Å². The highest BCUT2D eigenvalue weighted by atomic mass is 15.1. The number of para-hydroxylation sites is 4. The monoisotopic (exact) mass is 948 g/mol. The fourth-order valence-corrected chi connectivity index (χ4v) is 13.2. The van der Waals surface area contributed by atoms with Crippen LogP contribution in [0.5, 0.6) is 0 Å². The Bertz CT molecular complexity index is 4060. The lowest BCUT2D eigenvalue weighted by atomic mass is 9.74. The van der Waals surface area contributed by atoms with Crippen molar-refractivity contribution in [2.24, 2.45) is 0 Å². The average molecular weight is 949 g/mol. The van der Waals surface area contributed by atoms with Crippen molar-refractivity contribution in [3.05, 3.63) is 277 Å². The predicted molar refractivity (Wildman–Crippen MR) is 313 cm³/mol. The molecule has 2 aliphatic rings. The number of aromatic nitrogens is 1. The Hall–Kier alpha value is -8.72. The summed E-state index contributed by atoms with van der Waals surface area (Å²) in [6, 6.07) is 95.2. The van der Waals surface area contributed by atoms with Crippen molar-refractivity contribution in [1.82, 2.24) is 4.57 Å². The standard InChI is InChI=1S/C72H56N2/c1-72(53-26-7-3-8-27-53)64-37-15-11-30-57(64)58-47-44-52(48-65(58)72)49-42-45-55(46-43-49)73(66-38-16-12-31-59(66)61-35-20-25-51-24-19-34-56(70(51)61)50-22-5-2-6-23-50)67-39-17-13-32-60(67)62-36-21-41-69-71(62)63-33-14-18-40-68(63)74(69)54-28-9-4-10-29-54/h3-4,7-21,24-48,50H,2,5-6,22-23H2,1H3. The molecule has 2 aliphatic carbocycles. The Morgan fingerprint density at radius 2 is 0.959 bits per heavy atom. The number of benzene rings is 11. The number of fused-ring (bicyclic) bond motifs is 7. The van der Waals surface area contributed by atoms with E-state index in [-0.39, 0.29) is 5.41 Å². The Kier molecular flexibility index (Phi) is 10.8. The Balaban J connectivity index is 0.971. The van der Waals surface area contributed by atoms with Gasteiger partial charge in [0.15, 0.2) is 0 Å². The van der Waals surface area contributed by atoms with Crippen molar-refractivity contribution in [3.63, 3.8) is 0 Å². The molecular formula is C72H56N2. The van der Waals surface area contributed by atoms with Crippen LogP contribution in [0.2, 0.25) is 0 Å². The molecule has 0 amide bonds. The summed E-state index contributed by atoms with van der Waals surface area (Å²) in [6.45, 7) is 2.40. The molecule has 74 heavy (non-hydrogen) atoms. The minimum atomic E-state index is -0.276. The zero-order valence-electron chi connectivity index (χ0n) is 41.8. The van der Waals surface area contributed by atoms with Gasteiger partial charge in [-0.1, -0.05) is 219 Å². The first kappa shape index (κ1) is 44.0. The van der Waals surface area contributed by atoms with Crippen LogP contribution in [0, 0.1) is 0 Å². The molecule has 0 spiro atoms. The van der Waals surface area contributed by atoms with E-state index in [1.54, 1.807) is 0 Å². The molecule has 2 nitrogen and oxygen atoms in total. The summed E-state index contributed by atoms with van der Waals surface area (Å²) < 4.78 is 2.42. The molecule has 12 aromatic rings. The predicted octanol–water partition coefficient (Wildman–Crippen LogP) is 19.8. The zero-order chi connectivity index (χ0) is 49.2. The lowest BCUT2D eigenvalue weighted by molar-refractivity contribution is 0.445. The molecule has 1 unspecified atom stereocenters. The first-order valence-corrected chi connectivity index (χ1v) is 26.6. The summed E-state index contributed by atoms with van der Waals surface area (Å²) in [6.07, 6.45) is 6.41. The van der Waals surface area contributed by atoms with E-state index in [0.29, 0.717) is 5.92 Å². The van der Waals surface area contributed by atoms with Crippen LogP contribution in [0.1, 0.15) is 67.2 Å². The van der Waals surface area contributed by atoms with Crippen molar-refractivity contribution < 1.29 is 0 Å². The summed E-state index contributed by atoms with van der Waals surface area (Å²) in [4.78, 5) is 2.54. The molecule has 354 valence electrons. The largest absolute Gasteiger partial charge is 0.309 e. The van der Waals surface area contributed by atoms with Crippen LogP contribution in [0.15, 0.2) is 255 Å². The highest BCUT2D eigenvalue weighted by molar-refractivity contribution is 6.17. The van der Waals surface area contributed by atoms with Crippen LogP contribution < -0.4 is 4.90 Å². The zero-order valence-corrected chi connectivity index (χ0v) is 41.8. The van der Waals surface area contributed by atoms with Crippen molar-refractivity contribution >= 4 is 49.6 Å². The summed E-state index contributed by atoms with van der Waals surface area (Å²) in [5.74, 6) is 0.558. The molecule has 14 rings (SSSR count). The fourth-order valence-electron chi connectivity index (χ4n) is 13.2. The lowest BCUT2D eigenvalue weighted by Gasteiger charge is -2.31. The molecule has 1 fully saturated rings. The van der Waals surface area contributed by atoms with Gasteiger partial charge in [-0.05, 0) is 147 Å². The van der Waals surface area contributed by atoms with Gasteiger partial charge in [0.2, 0.25) is 0 Å². The van der Waals surface area contributed by atoms with E-state index in [1.807, 2.05) is 0 Å². The molecule has 2 heteroatoms. The molecule has 0 saturated heterocycles. The quantitative estimate of drug-likeness (QED) is 0.140. The van der Waals surface area contributed by atoms with Gasteiger partial charge < -0.3 is 9.47 Å². The van der Waals surface area contributed by atoms with Gasteiger partial charge in [-0.25, -0.2) is 0 Å². The maximum atomic E-state index is 2.54. The Morgan fingerprint density at radius 1 is 0.405 bits per heavy atom.